The van der Waals surface area contributed by atoms with Gasteiger partial charge in [0.2, 0.25) is 11.3 Å². The summed E-state index contributed by atoms with van der Waals surface area (Å²) in [5.74, 6) is -0.608. The molecule has 1 aliphatic heterocycles. The lowest BCUT2D eigenvalue weighted by Gasteiger charge is -2.34. The molecule has 0 radical (unpaired) electrons. The van der Waals surface area contributed by atoms with Crippen LogP contribution < -0.4 is 16.5 Å². The van der Waals surface area contributed by atoms with E-state index in [4.69, 9.17) is 5.73 Å². The van der Waals surface area contributed by atoms with Crippen molar-refractivity contribution in [1.29, 1.82) is 5.26 Å². The van der Waals surface area contributed by atoms with Crippen LogP contribution in [0.5, 0.6) is 0 Å². The number of halogens is 1. The van der Waals surface area contributed by atoms with Crippen LogP contribution in [-0.2, 0) is 4.79 Å². The van der Waals surface area contributed by atoms with Gasteiger partial charge in [-0.15, -0.1) is 0 Å². The van der Waals surface area contributed by atoms with Gasteiger partial charge in [0.05, 0.1) is 10.9 Å². The molecule has 2 aliphatic rings. The summed E-state index contributed by atoms with van der Waals surface area (Å²) in [6, 6.07) is 14.8. The average molecular weight is 659 g/mol. The summed E-state index contributed by atoms with van der Waals surface area (Å²) >= 11 is 0. The van der Waals surface area contributed by atoms with E-state index in [1.165, 1.54) is 36.8 Å². The van der Waals surface area contributed by atoms with E-state index in [9.17, 15) is 24.0 Å². The van der Waals surface area contributed by atoms with Gasteiger partial charge >= 0.3 is 0 Å². The number of hydrogen-bond donors (Lipinski definition) is 2. The number of amides is 2. The largest absolute Gasteiger partial charge is 0.383 e. The van der Waals surface area contributed by atoms with Crippen LogP contribution in [0.2, 0.25) is 0 Å². The number of nitrogens with two attached hydrogens (primary N) is 1. The highest BCUT2D eigenvalue weighted by atomic mass is 19.1. The highest BCUT2D eigenvalue weighted by Crippen LogP contribution is 2.39. The highest BCUT2D eigenvalue weighted by molar-refractivity contribution is 6.05. The smallest absolute Gasteiger partial charge is 0.261 e. The SMILES string of the molecule is CC(C)C(=O)N1CCC(n2cc(-c3ccc(NC(=O)c4cn(C5CC5)c(C#N)c(-c5ccc(F)cc5)c4=O)cc3)c3c(N)ncnc32)CC1. The first-order valence-electron chi connectivity index (χ1n) is 16.4. The molecule has 5 aromatic rings. The fraction of sp³-hybridized carbons (Fsp3) is 0.297. The summed E-state index contributed by atoms with van der Waals surface area (Å²) < 4.78 is 17.5. The predicted octanol–water partition coefficient (Wildman–Crippen LogP) is 5.93. The quantitative estimate of drug-likeness (QED) is 0.220. The first kappa shape index (κ1) is 31.8. The molecule has 11 nitrogen and oxygen atoms in total. The van der Waals surface area contributed by atoms with Crippen molar-refractivity contribution in [2.24, 2.45) is 5.92 Å². The molecule has 12 heteroatoms. The molecule has 49 heavy (non-hydrogen) atoms. The minimum atomic E-state index is -0.614. The van der Waals surface area contributed by atoms with Crippen LogP contribution in [0.15, 0.2) is 72.0 Å². The van der Waals surface area contributed by atoms with Crippen molar-refractivity contribution in [2.45, 2.75) is 51.6 Å². The van der Waals surface area contributed by atoms with Gasteiger partial charge in [-0.2, -0.15) is 5.26 Å². The summed E-state index contributed by atoms with van der Waals surface area (Å²) in [4.78, 5) is 50.6. The Kier molecular flexibility index (Phi) is 8.20. The van der Waals surface area contributed by atoms with Crippen LogP contribution in [0, 0.1) is 23.1 Å². The lowest BCUT2D eigenvalue weighted by atomic mass is 10.0. The van der Waals surface area contributed by atoms with Crippen molar-refractivity contribution in [2.75, 3.05) is 24.1 Å². The maximum atomic E-state index is 13.7. The number of nitrogens with zero attached hydrogens (tertiary/aromatic N) is 6. The summed E-state index contributed by atoms with van der Waals surface area (Å²) in [5.41, 5.74) is 9.13. The van der Waals surface area contributed by atoms with E-state index in [1.54, 1.807) is 16.7 Å². The number of nitrogen functional groups attached to an aromatic ring is 1. The van der Waals surface area contributed by atoms with Crippen LogP contribution in [0.1, 0.15) is 67.7 Å². The molecule has 1 aliphatic carbocycles. The van der Waals surface area contributed by atoms with Gasteiger partial charge in [-0.05, 0) is 61.1 Å². The van der Waals surface area contributed by atoms with Crippen molar-refractivity contribution in [3.05, 3.63) is 94.5 Å². The van der Waals surface area contributed by atoms with E-state index in [-0.39, 0.29) is 40.7 Å². The summed E-state index contributed by atoms with van der Waals surface area (Å²) in [5, 5.41) is 13.6. The standard InChI is InChI=1S/C37H35FN8O3/c1-21(2)37(49)44-15-13-27(14-16-44)46-18-28(32-34(40)41-20-42-35(32)46)22-5-9-25(10-6-22)43-36(48)29-19-45(26-11-12-26)30(17-39)31(33(29)47)23-3-7-24(38)8-4-23/h3-10,18-21,26-27H,11-16H2,1-2H3,(H,43,48)(H2,40,41,42). The normalized spacial score (nSPS) is 15.0. The van der Waals surface area contributed by atoms with Crippen LogP contribution in [0.3, 0.4) is 0 Å². The third kappa shape index (κ3) is 5.92. The molecule has 2 amide bonds. The second-order valence-corrected chi connectivity index (χ2v) is 13.0. The molecule has 0 bridgehead atoms. The Morgan fingerprint density at radius 2 is 1.59 bits per heavy atom. The fourth-order valence-electron chi connectivity index (χ4n) is 6.70. The molecule has 1 saturated carbocycles. The summed E-state index contributed by atoms with van der Waals surface area (Å²) in [6.45, 7) is 5.17. The van der Waals surface area contributed by atoms with Gasteiger partial charge in [0.1, 0.15) is 40.9 Å². The Hall–Kier alpha value is -5.83. The van der Waals surface area contributed by atoms with Crippen LogP contribution in [0.25, 0.3) is 33.3 Å². The van der Waals surface area contributed by atoms with Crippen LogP contribution >= 0.6 is 0 Å². The number of anilines is 2. The Morgan fingerprint density at radius 1 is 0.939 bits per heavy atom. The zero-order chi connectivity index (χ0) is 34.4. The van der Waals surface area contributed by atoms with Gasteiger partial charge in [-0.25, -0.2) is 14.4 Å². The summed E-state index contributed by atoms with van der Waals surface area (Å²) in [6.07, 6.45) is 8.17. The first-order valence-corrected chi connectivity index (χ1v) is 16.4. The second kappa shape index (κ2) is 12.6. The lowest BCUT2D eigenvalue weighted by molar-refractivity contribution is -0.135. The molecule has 2 aromatic carbocycles. The third-order valence-corrected chi connectivity index (χ3v) is 9.41. The number of rotatable bonds is 7. The molecule has 3 N–H and O–H groups in total. The maximum absolute atomic E-state index is 13.7. The third-order valence-electron chi connectivity index (χ3n) is 9.41. The Morgan fingerprint density at radius 3 is 2.22 bits per heavy atom. The summed E-state index contributed by atoms with van der Waals surface area (Å²) in [7, 11) is 0. The number of benzene rings is 2. The number of aromatic nitrogens is 4. The molecule has 3 aromatic heterocycles. The molecule has 4 heterocycles. The Balaban J connectivity index is 1.17. The van der Waals surface area contributed by atoms with Gasteiger partial charge < -0.3 is 25.1 Å². The number of likely N-dealkylation sites (tertiary alicyclic amines) is 1. The van der Waals surface area contributed by atoms with Crippen molar-refractivity contribution in [3.8, 4) is 28.3 Å². The number of piperidine rings is 1. The molecule has 7 rings (SSSR count). The number of fused-ring (bicyclic) bond motifs is 1. The predicted molar refractivity (Wildman–Crippen MR) is 184 cm³/mol. The van der Waals surface area contributed by atoms with Gasteiger partial charge in [0.15, 0.2) is 0 Å². The minimum Gasteiger partial charge on any atom is -0.383 e. The monoisotopic (exact) mass is 658 g/mol. The maximum Gasteiger partial charge on any atom is 0.261 e. The zero-order valence-electron chi connectivity index (χ0n) is 27.2. The van der Waals surface area contributed by atoms with E-state index < -0.39 is 17.2 Å². The van der Waals surface area contributed by atoms with Crippen molar-refractivity contribution in [1.82, 2.24) is 24.0 Å². The molecule has 0 spiro atoms. The topological polar surface area (TPSA) is 152 Å². The van der Waals surface area contributed by atoms with Crippen molar-refractivity contribution < 1.29 is 14.0 Å². The first-order chi connectivity index (χ1) is 23.6. The molecular weight excluding hydrogens is 623 g/mol. The second-order valence-electron chi connectivity index (χ2n) is 13.0. The number of nitrogens with one attached hydrogen (secondary N) is 1. The van der Waals surface area contributed by atoms with E-state index in [0.29, 0.717) is 30.2 Å². The Bertz CT molecular complexity index is 2190. The minimum absolute atomic E-state index is 0.00825. The van der Waals surface area contributed by atoms with Crippen LogP contribution in [-0.4, -0.2) is 48.9 Å². The molecular formula is C37H35FN8O3. The molecule has 0 atom stereocenters. The van der Waals surface area contributed by atoms with E-state index >= 15 is 0 Å². The number of hydrogen-bond acceptors (Lipinski definition) is 7. The van der Waals surface area contributed by atoms with Crippen molar-refractivity contribution in [3.63, 3.8) is 0 Å². The number of carbonyl (C=O) groups excluding carboxylic acids is 2. The van der Waals surface area contributed by atoms with E-state index in [0.717, 1.165) is 47.8 Å². The molecule has 1 saturated heterocycles. The fourth-order valence-corrected chi connectivity index (χ4v) is 6.70. The number of pyridine rings is 1. The molecule has 0 unspecified atom stereocenters. The average Bonchev–Trinajstić information content (AvgIpc) is 3.88. The van der Waals surface area contributed by atoms with Gasteiger partial charge in [0, 0.05) is 54.7 Å². The zero-order valence-corrected chi connectivity index (χ0v) is 27.2. The number of carbonyl (C=O) groups is 2. The van der Waals surface area contributed by atoms with Crippen LogP contribution in [0.4, 0.5) is 15.9 Å². The van der Waals surface area contributed by atoms with E-state index in [1.807, 2.05) is 37.1 Å². The van der Waals surface area contributed by atoms with Gasteiger partial charge in [0.25, 0.3) is 5.91 Å². The number of nitriles is 1. The molecule has 2 fully saturated rings. The van der Waals surface area contributed by atoms with E-state index in [2.05, 4.69) is 25.9 Å². The Labute approximate surface area is 281 Å². The molecule has 248 valence electrons. The van der Waals surface area contributed by atoms with Crippen molar-refractivity contribution >= 4 is 34.4 Å². The van der Waals surface area contributed by atoms with Gasteiger partial charge in [-0.3, -0.25) is 14.4 Å². The van der Waals surface area contributed by atoms with Gasteiger partial charge in [-0.1, -0.05) is 38.1 Å². The lowest BCUT2D eigenvalue weighted by Crippen LogP contribution is -2.41. The highest BCUT2D eigenvalue weighted by Gasteiger charge is 2.31.